The van der Waals surface area contributed by atoms with E-state index in [-0.39, 0.29) is 19.3 Å². The fourth-order valence-corrected chi connectivity index (χ4v) is 14.8. The van der Waals surface area contributed by atoms with Gasteiger partial charge >= 0.3 is 33.6 Å². The van der Waals surface area contributed by atoms with Crippen molar-refractivity contribution in [2.24, 2.45) is 0 Å². The molecule has 18 heteroatoms. The maximum atomic E-state index is 13.1. The fourth-order valence-electron chi connectivity index (χ4n) is 13.2. The predicted octanol–water partition coefficient (Wildman–Crippen LogP) is 30.8. The van der Waals surface area contributed by atoms with Crippen molar-refractivity contribution >= 4 is 33.6 Å². The lowest BCUT2D eigenvalue weighted by Gasteiger charge is -2.21. The second kappa shape index (κ2) is 95.7. The molecule has 0 bridgehead atoms. The maximum absolute atomic E-state index is 13.1. The van der Waals surface area contributed by atoms with Gasteiger partial charge in [0, 0.05) is 19.3 Å². The number of phosphoric acid groups is 2. The minimum atomic E-state index is -4.95. The Hall–Kier alpha value is -5.35. The first-order chi connectivity index (χ1) is 60.2. The fraction of sp³-hybridized carbons (Fsp3) is 0.686. The number of carbonyl (C=O) groups excluding carboxylic acids is 3. The van der Waals surface area contributed by atoms with E-state index >= 15 is 0 Å². The number of esters is 3. The Balaban J connectivity index is 4.55. The molecule has 0 rings (SSSR count). The molecular formula is C105H178O16P2. The molecule has 123 heavy (non-hydrogen) atoms. The van der Waals surface area contributed by atoms with Crippen LogP contribution in [0.2, 0.25) is 0 Å². The predicted molar refractivity (Wildman–Crippen MR) is 518 cm³/mol. The Morgan fingerprint density at radius 2 is 0.431 bits per heavy atom. The standard InChI is InChI=1S/C105H178O16P2/c1-4-7-10-13-16-19-22-25-28-31-34-37-39-41-43-45-47-48-49-50-52-54-55-57-59-62-64-67-70-73-76-79-82-85-88-91-103(108)115-94-100(106)95-117-122(111,112)118-96-101(107)97-119-123(113,114)120-99-102(121-105(110)93-90-87-84-81-78-75-72-69-66-61-36-33-30-27-24-21-18-15-12-9-6-3)98-116-104(109)92-89-86-83-80-77-74-71-68-65-63-60-58-56-53-51-46-44-42-40-38-35-32-29-26-23-20-17-14-11-8-5-2/h8-9,11-12,16-21,25-30,34-38,41-44,51,53,61,69,72,100-102,106-107H,4-7,10,13-15,22-24,31-33,39-40,45-50,52,54-60,62-68,70-71,73-99H2,1-3H3,(H,111,112)(H,113,114)/b11-8-,12-9-,19-16-,20-17-,21-18-,28-25-,29-26-,30-27-,37-34-,38-35-,43-41-,44-42-,53-51-,61-36-,72-69-. The summed E-state index contributed by atoms with van der Waals surface area (Å²) in [6.45, 7) is 2.45. The van der Waals surface area contributed by atoms with Crippen molar-refractivity contribution in [3.8, 4) is 0 Å². The van der Waals surface area contributed by atoms with E-state index in [0.29, 0.717) is 19.3 Å². The highest BCUT2D eigenvalue weighted by atomic mass is 31.2. The molecule has 0 aliphatic rings. The van der Waals surface area contributed by atoms with Gasteiger partial charge in [-0.1, -0.05) is 409 Å². The second-order valence-corrected chi connectivity index (χ2v) is 35.4. The Labute approximate surface area is 751 Å². The number of hydrogen-bond donors (Lipinski definition) is 4. The molecule has 5 unspecified atom stereocenters. The highest BCUT2D eigenvalue weighted by Crippen LogP contribution is 2.45. The Kier molecular flexibility index (Phi) is 91.6. The van der Waals surface area contributed by atoms with Gasteiger partial charge in [-0.25, -0.2) is 9.13 Å². The summed E-state index contributed by atoms with van der Waals surface area (Å²) < 4.78 is 61.6. The lowest BCUT2D eigenvalue weighted by Crippen LogP contribution is -2.30. The van der Waals surface area contributed by atoms with Gasteiger partial charge in [-0.2, -0.15) is 0 Å². The summed E-state index contributed by atoms with van der Waals surface area (Å²) in [7, 11) is -9.82. The number of unbranched alkanes of at least 4 members (excludes halogenated alkanes) is 39. The first kappa shape index (κ1) is 118. The van der Waals surface area contributed by atoms with Crippen molar-refractivity contribution in [2.75, 3.05) is 39.6 Å². The number of phosphoric ester groups is 2. The molecule has 0 amide bonds. The molecule has 5 atom stereocenters. The zero-order chi connectivity index (χ0) is 89.3. The second-order valence-electron chi connectivity index (χ2n) is 32.5. The third kappa shape index (κ3) is 97.1. The van der Waals surface area contributed by atoms with Gasteiger partial charge < -0.3 is 34.2 Å². The topological polar surface area (TPSA) is 231 Å². The van der Waals surface area contributed by atoms with Crippen molar-refractivity contribution in [3.63, 3.8) is 0 Å². The average Bonchev–Trinajstić information content (AvgIpc) is 0.892. The van der Waals surface area contributed by atoms with E-state index in [0.717, 1.165) is 173 Å². The van der Waals surface area contributed by atoms with E-state index in [1.165, 1.54) is 173 Å². The lowest BCUT2D eigenvalue weighted by molar-refractivity contribution is -0.161. The largest absolute Gasteiger partial charge is 0.472 e. The highest BCUT2D eigenvalue weighted by molar-refractivity contribution is 7.47. The van der Waals surface area contributed by atoms with Gasteiger partial charge in [0.1, 0.15) is 25.4 Å². The first-order valence-corrected chi connectivity index (χ1v) is 52.1. The third-order valence-corrected chi connectivity index (χ3v) is 22.5. The molecule has 16 nitrogen and oxygen atoms in total. The molecule has 0 aromatic heterocycles. The van der Waals surface area contributed by atoms with Crippen molar-refractivity contribution in [3.05, 3.63) is 182 Å². The minimum Gasteiger partial charge on any atom is -0.463 e. The molecule has 0 aliphatic heterocycles. The smallest absolute Gasteiger partial charge is 0.463 e. The van der Waals surface area contributed by atoms with Crippen molar-refractivity contribution in [2.45, 2.75) is 424 Å². The number of carbonyl (C=O) groups is 3. The van der Waals surface area contributed by atoms with Crippen LogP contribution in [0, 0.1) is 0 Å². The van der Waals surface area contributed by atoms with Gasteiger partial charge in [0.25, 0.3) is 0 Å². The van der Waals surface area contributed by atoms with E-state index < -0.39 is 91.5 Å². The van der Waals surface area contributed by atoms with Gasteiger partial charge in [-0.05, 0) is 161 Å². The molecular weight excluding hydrogens is 1580 g/mol. The lowest BCUT2D eigenvalue weighted by atomic mass is 10.0. The Morgan fingerprint density at radius 3 is 0.683 bits per heavy atom. The molecule has 0 radical (unpaired) electrons. The third-order valence-electron chi connectivity index (χ3n) is 20.6. The normalized spacial score (nSPS) is 14.5. The number of aliphatic hydroxyl groups is 2. The van der Waals surface area contributed by atoms with Crippen molar-refractivity contribution in [1.29, 1.82) is 0 Å². The molecule has 0 saturated heterocycles. The minimum absolute atomic E-state index is 0.0771. The summed E-state index contributed by atoms with van der Waals surface area (Å²) in [5.41, 5.74) is 0. The van der Waals surface area contributed by atoms with Crippen LogP contribution >= 0.6 is 15.6 Å². The Morgan fingerprint density at radius 1 is 0.236 bits per heavy atom. The van der Waals surface area contributed by atoms with E-state index in [1.807, 2.05) is 0 Å². The molecule has 4 N–H and O–H groups in total. The molecule has 0 aliphatic carbocycles. The van der Waals surface area contributed by atoms with E-state index in [1.54, 1.807) is 0 Å². The first-order valence-electron chi connectivity index (χ1n) is 49.1. The van der Waals surface area contributed by atoms with Crippen LogP contribution in [-0.2, 0) is 55.8 Å². The molecule has 0 spiro atoms. The molecule has 0 fully saturated rings. The van der Waals surface area contributed by atoms with Crippen LogP contribution in [0.4, 0.5) is 0 Å². The zero-order valence-corrected chi connectivity index (χ0v) is 79.6. The molecule has 0 saturated carbocycles. The van der Waals surface area contributed by atoms with Crippen LogP contribution < -0.4 is 0 Å². The zero-order valence-electron chi connectivity index (χ0n) is 77.8. The summed E-state index contributed by atoms with van der Waals surface area (Å²) in [5.74, 6) is -1.59. The number of hydrogen-bond acceptors (Lipinski definition) is 14. The molecule has 0 aromatic carbocycles. The van der Waals surface area contributed by atoms with Gasteiger partial charge in [-0.15, -0.1) is 0 Å². The van der Waals surface area contributed by atoms with E-state index in [4.69, 9.17) is 32.3 Å². The summed E-state index contributed by atoms with van der Waals surface area (Å²) in [5, 5.41) is 20.8. The van der Waals surface area contributed by atoms with Crippen LogP contribution in [0.1, 0.15) is 406 Å². The van der Waals surface area contributed by atoms with Crippen LogP contribution in [0.5, 0.6) is 0 Å². The summed E-state index contributed by atoms with van der Waals surface area (Å²) in [6, 6.07) is 0. The number of aliphatic hydroxyl groups excluding tert-OH is 2. The number of rotatable bonds is 92. The molecule has 704 valence electrons. The van der Waals surface area contributed by atoms with Crippen molar-refractivity contribution < 1.29 is 75.8 Å². The monoisotopic (exact) mass is 1760 g/mol. The molecule has 0 aromatic rings. The van der Waals surface area contributed by atoms with Crippen LogP contribution in [0.25, 0.3) is 0 Å². The summed E-state index contributed by atoms with van der Waals surface area (Å²) in [4.78, 5) is 59.1. The van der Waals surface area contributed by atoms with Crippen LogP contribution in [0.15, 0.2) is 182 Å². The summed E-state index contributed by atoms with van der Waals surface area (Å²) >= 11 is 0. The van der Waals surface area contributed by atoms with E-state index in [9.17, 15) is 43.5 Å². The van der Waals surface area contributed by atoms with Crippen molar-refractivity contribution in [1.82, 2.24) is 0 Å². The van der Waals surface area contributed by atoms with Crippen LogP contribution in [-0.4, -0.2) is 95.9 Å². The van der Waals surface area contributed by atoms with Gasteiger partial charge in [0.15, 0.2) is 6.10 Å². The average molecular weight is 1760 g/mol. The summed E-state index contributed by atoms with van der Waals surface area (Å²) in [6.07, 6.45) is 127. The SMILES string of the molecule is CC/C=C\C/C=C\C/C=C\C/C=C\C/C=C\C/C=C\CCCCCCCCCCCCCCC(=O)OCC(COP(=O)(O)OCC(O)COP(=O)(O)OCC(O)COC(=O)CCCCCCCCCCCCCCCCCCCCC/C=C\C/C=C\C/C=C\C/C=C\CCCCC)OC(=O)CCCCCCC/C=C\C/C=C\C/C=C\C/C=C\C/C=C\CC. The quantitative estimate of drug-likeness (QED) is 0.0146. The highest BCUT2D eigenvalue weighted by Gasteiger charge is 2.30. The van der Waals surface area contributed by atoms with Gasteiger partial charge in [0.05, 0.1) is 26.4 Å². The number of ether oxygens (including phenoxy) is 3. The van der Waals surface area contributed by atoms with Gasteiger partial charge in [-0.3, -0.25) is 32.5 Å². The molecule has 0 heterocycles. The number of allylic oxidation sites excluding steroid dienone is 30. The van der Waals surface area contributed by atoms with Gasteiger partial charge in [0.2, 0.25) is 0 Å². The Bertz CT molecular complexity index is 2970. The van der Waals surface area contributed by atoms with Crippen LogP contribution in [0.3, 0.4) is 0 Å². The maximum Gasteiger partial charge on any atom is 0.472 e. The van der Waals surface area contributed by atoms with E-state index in [2.05, 4.69) is 203 Å².